The second kappa shape index (κ2) is 7.82. The van der Waals surface area contributed by atoms with Gasteiger partial charge >= 0.3 is 0 Å². The van der Waals surface area contributed by atoms with Crippen LogP contribution in [0.2, 0.25) is 0 Å². The number of nitrogens with zero attached hydrogens (tertiary/aromatic N) is 3. The summed E-state index contributed by atoms with van der Waals surface area (Å²) in [6, 6.07) is 5.21. The third kappa shape index (κ3) is 3.90. The number of carbonyl (C=O) groups excluding carboxylic acids is 1. The van der Waals surface area contributed by atoms with Crippen LogP contribution >= 0.6 is 0 Å². The van der Waals surface area contributed by atoms with E-state index in [0.29, 0.717) is 13.0 Å². The summed E-state index contributed by atoms with van der Waals surface area (Å²) >= 11 is 0. The van der Waals surface area contributed by atoms with E-state index in [1.54, 1.807) is 0 Å². The monoisotopic (exact) mass is 425 g/mol. The Bertz CT molecular complexity index is 983. The topological polar surface area (TPSA) is 102 Å². The fourth-order valence-corrected chi connectivity index (χ4v) is 5.01. The maximum atomic E-state index is 14.1. The summed E-state index contributed by atoms with van der Waals surface area (Å²) in [5.74, 6) is -2.47. The molecule has 9 nitrogen and oxygen atoms in total. The molecular weight excluding hydrogens is 405 g/mol. The van der Waals surface area contributed by atoms with Gasteiger partial charge in [-0.15, -0.1) is 0 Å². The van der Waals surface area contributed by atoms with Crippen molar-refractivity contribution in [2.75, 3.05) is 39.4 Å². The average Bonchev–Trinajstić information content (AvgIpc) is 3.18. The Balaban J connectivity index is 1.59. The Labute approximate surface area is 167 Å². The smallest absolute Gasteiger partial charge is 0.291 e. The molecule has 1 spiro atoms. The third-order valence-corrected chi connectivity index (χ3v) is 6.76. The van der Waals surface area contributed by atoms with E-state index in [2.05, 4.69) is 4.98 Å². The first-order valence-electron chi connectivity index (χ1n) is 9.12. The van der Waals surface area contributed by atoms with Gasteiger partial charge in [-0.2, -0.15) is 4.31 Å². The summed E-state index contributed by atoms with van der Waals surface area (Å²) in [5, 5.41) is 0. The lowest BCUT2D eigenvalue weighted by Gasteiger charge is -2.42. The molecule has 29 heavy (non-hydrogen) atoms. The van der Waals surface area contributed by atoms with Crippen molar-refractivity contribution in [1.29, 1.82) is 0 Å². The average molecular weight is 425 g/mol. The first-order valence-corrected chi connectivity index (χ1v) is 10.6. The molecule has 3 heterocycles. The van der Waals surface area contributed by atoms with Crippen LogP contribution in [-0.2, 0) is 19.5 Å². The van der Waals surface area contributed by atoms with Crippen molar-refractivity contribution in [3.05, 3.63) is 48.4 Å². The molecular formula is C18H20FN3O6S. The second-order valence-electron chi connectivity index (χ2n) is 6.82. The van der Waals surface area contributed by atoms with Crippen molar-refractivity contribution in [2.24, 2.45) is 0 Å². The number of morpholine rings is 1. The van der Waals surface area contributed by atoms with Crippen molar-refractivity contribution < 1.29 is 31.5 Å². The van der Waals surface area contributed by atoms with Crippen LogP contribution in [0.3, 0.4) is 0 Å². The van der Waals surface area contributed by atoms with Crippen LogP contribution in [-0.4, -0.2) is 73.7 Å². The van der Waals surface area contributed by atoms with E-state index in [1.807, 2.05) is 0 Å². The maximum Gasteiger partial charge on any atom is 0.291 e. The van der Waals surface area contributed by atoms with Crippen molar-refractivity contribution >= 4 is 15.9 Å². The number of oxazole rings is 1. The molecule has 2 aromatic rings. The lowest BCUT2D eigenvalue weighted by atomic mass is 10.2. The summed E-state index contributed by atoms with van der Waals surface area (Å²) in [7, 11) is -4.09. The molecule has 0 N–H and O–H groups in total. The van der Waals surface area contributed by atoms with E-state index < -0.39 is 26.5 Å². The standard InChI is InChI=1S/C18H20FN3O6S/c19-14-4-1-2-5-16(14)29(24,25)22-7-9-28-18(12-22)11-21(6-3-8-27-18)17(23)15-10-20-13-26-15/h1-2,4-5,10,13H,3,6-9,11-12H2. The molecule has 11 heteroatoms. The van der Waals surface area contributed by atoms with E-state index in [4.69, 9.17) is 13.9 Å². The first kappa shape index (κ1) is 20.0. The molecule has 1 aromatic heterocycles. The van der Waals surface area contributed by atoms with Gasteiger partial charge in [0.25, 0.3) is 5.91 Å². The van der Waals surface area contributed by atoms with Crippen LogP contribution in [0.25, 0.3) is 0 Å². The molecule has 0 aliphatic carbocycles. The van der Waals surface area contributed by atoms with Gasteiger partial charge in [-0.1, -0.05) is 12.1 Å². The highest BCUT2D eigenvalue weighted by atomic mass is 32.2. The van der Waals surface area contributed by atoms with Crippen LogP contribution in [0.5, 0.6) is 0 Å². The zero-order chi connectivity index (χ0) is 20.5. The zero-order valence-electron chi connectivity index (χ0n) is 15.5. The molecule has 156 valence electrons. The Hall–Kier alpha value is -2.34. The maximum absolute atomic E-state index is 14.1. The SMILES string of the molecule is O=C(c1cnco1)N1CCCOC2(C1)CN(S(=O)(=O)c1ccccc1F)CCO2. The molecule has 4 rings (SSSR count). The number of sulfonamides is 1. The van der Waals surface area contributed by atoms with E-state index in [1.165, 1.54) is 29.3 Å². The Morgan fingerprint density at radius 3 is 2.69 bits per heavy atom. The minimum Gasteiger partial charge on any atom is -0.438 e. The van der Waals surface area contributed by atoms with Gasteiger partial charge in [0.2, 0.25) is 15.8 Å². The molecule has 1 unspecified atom stereocenters. The van der Waals surface area contributed by atoms with Gasteiger partial charge in [0, 0.05) is 13.1 Å². The predicted octanol–water partition coefficient (Wildman–Crippen LogP) is 1.09. The molecule has 2 saturated heterocycles. The van der Waals surface area contributed by atoms with E-state index in [-0.39, 0.29) is 44.5 Å². The number of rotatable bonds is 3. The Morgan fingerprint density at radius 1 is 1.14 bits per heavy atom. The predicted molar refractivity (Wildman–Crippen MR) is 96.8 cm³/mol. The van der Waals surface area contributed by atoms with Crippen molar-refractivity contribution in [3.63, 3.8) is 0 Å². The highest BCUT2D eigenvalue weighted by Gasteiger charge is 2.46. The van der Waals surface area contributed by atoms with Gasteiger partial charge in [0.1, 0.15) is 10.7 Å². The molecule has 1 amide bonds. The van der Waals surface area contributed by atoms with Gasteiger partial charge in [-0.25, -0.2) is 17.8 Å². The molecule has 2 fully saturated rings. The fourth-order valence-electron chi connectivity index (χ4n) is 3.49. The summed E-state index contributed by atoms with van der Waals surface area (Å²) < 4.78 is 58.0. The summed E-state index contributed by atoms with van der Waals surface area (Å²) in [5.41, 5.74) is 0. The fraction of sp³-hybridized carbons (Fsp3) is 0.444. The highest BCUT2D eigenvalue weighted by Crippen LogP contribution is 2.29. The summed E-state index contributed by atoms with van der Waals surface area (Å²) in [4.78, 5) is 17.5. The Kier molecular flexibility index (Phi) is 5.38. The highest BCUT2D eigenvalue weighted by molar-refractivity contribution is 7.89. The van der Waals surface area contributed by atoms with Gasteiger partial charge in [-0.3, -0.25) is 4.79 Å². The van der Waals surface area contributed by atoms with Crippen LogP contribution in [0.15, 0.2) is 46.2 Å². The number of amides is 1. The lowest BCUT2D eigenvalue weighted by molar-refractivity contribution is -0.255. The normalized spacial score (nSPS) is 23.8. The molecule has 2 aliphatic rings. The molecule has 0 saturated carbocycles. The largest absolute Gasteiger partial charge is 0.438 e. The summed E-state index contributed by atoms with van der Waals surface area (Å²) in [6.07, 6.45) is 3.03. The van der Waals surface area contributed by atoms with E-state index in [0.717, 1.165) is 16.8 Å². The number of ether oxygens (including phenoxy) is 2. The number of hydrogen-bond donors (Lipinski definition) is 0. The Morgan fingerprint density at radius 2 is 1.93 bits per heavy atom. The molecule has 0 bridgehead atoms. The molecule has 0 radical (unpaired) electrons. The summed E-state index contributed by atoms with van der Waals surface area (Å²) in [6.45, 7) is 0.633. The second-order valence-corrected chi connectivity index (χ2v) is 8.73. The quantitative estimate of drug-likeness (QED) is 0.725. The van der Waals surface area contributed by atoms with Gasteiger partial charge in [-0.05, 0) is 18.6 Å². The number of hydrogen-bond acceptors (Lipinski definition) is 7. The van der Waals surface area contributed by atoms with Crippen LogP contribution in [0.4, 0.5) is 4.39 Å². The number of benzene rings is 1. The van der Waals surface area contributed by atoms with Gasteiger partial charge < -0.3 is 18.8 Å². The van der Waals surface area contributed by atoms with Crippen LogP contribution in [0.1, 0.15) is 17.0 Å². The number of halogens is 1. The van der Waals surface area contributed by atoms with Crippen LogP contribution in [0, 0.1) is 5.82 Å². The van der Waals surface area contributed by atoms with E-state index in [9.17, 15) is 17.6 Å². The first-order chi connectivity index (χ1) is 13.9. The van der Waals surface area contributed by atoms with Gasteiger partial charge in [0.15, 0.2) is 12.2 Å². The lowest BCUT2D eigenvalue weighted by Crippen LogP contribution is -2.59. The molecule has 2 aliphatic heterocycles. The van der Waals surface area contributed by atoms with Crippen molar-refractivity contribution in [2.45, 2.75) is 17.1 Å². The number of aromatic nitrogens is 1. The molecule has 1 atom stereocenters. The minimum atomic E-state index is -4.09. The minimum absolute atomic E-state index is 0.00975. The van der Waals surface area contributed by atoms with Crippen LogP contribution < -0.4 is 0 Å². The van der Waals surface area contributed by atoms with Crippen molar-refractivity contribution in [3.8, 4) is 0 Å². The molecule has 1 aromatic carbocycles. The van der Waals surface area contributed by atoms with E-state index >= 15 is 0 Å². The third-order valence-electron chi connectivity index (χ3n) is 4.88. The number of carbonyl (C=O) groups is 1. The van der Waals surface area contributed by atoms with Gasteiger partial charge in [0.05, 0.1) is 32.5 Å². The van der Waals surface area contributed by atoms with Crippen molar-refractivity contribution in [1.82, 2.24) is 14.2 Å². The zero-order valence-corrected chi connectivity index (χ0v) is 16.3.